The molecule has 6 aromatic carbocycles. The van der Waals surface area contributed by atoms with Gasteiger partial charge < -0.3 is 9.47 Å². The highest BCUT2D eigenvalue weighted by molar-refractivity contribution is 6.45. The fraction of sp³-hybridized carbons (Fsp3) is 0.244. The molecule has 9 nitrogen and oxygen atoms in total. The highest BCUT2D eigenvalue weighted by Gasteiger charge is 2.41. The number of imide groups is 2. The highest BCUT2D eigenvalue weighted by atomic mass is 16.5. The molecule has 0 bridgehead atoms. The molecule has 2 aliphatic heterocycles. The summed E-state index contributed by atoms with van der Waals surface area (Å²) in [5.74, 6) is -0.635. The minimum absolute atomic E-state index is 0.145. The van der Waals surface area contributed by atoms with Crippen LogP contribution in [0.1, 0.15) is 97.7 Å². The molecule has 0 unspecified atom stereocenters. The van der Waals surface area contributed by atoms with Gasteiger partial charge in [0.2, 0.25) is 0 Å². The van der Waals surface area contributed by atoms with E-state index in [9.17, 15) is 24.0 Å². The maximum atomic E-state index is 14.3. The van der Waals surface area contributed by atoms with E-state index < -0.39 is 11.8 Å². The van der Waals surface area contributed by atoms with E-state index in [1.165, 1.54) is 4.90 Å². The Bertz CT molecular complexity index is 2490. The lowest BCUT2D eigenvalue weighted by Gasteiger charge is -2.36. The molecule has 1 saturated carbocycles. The number of hydrogen-bond acceptors (Lipinski definition) is 7. The molecule has 6 aromatic rings. The zero-order valence-electron chi connectivity index (χ0n) is 27.6. The normalized spacial score (nSPS) is 16.4. The molecule has 4 amide bonds. The molecule has 248 valence electrons. The molecule has 50 heavy (non-hydrogen) atoms. The summed E-state index contributed by atoms with van der Waals surface area (Å²) in [4.78, 5) is 70.9. The van der Waals surface area contributed by atoms with Crippen molar-refractivity contribution in [2.45, 2.75) is 52.0 Å². The first-order valence-electron chi connectivity index (χ1n) is 17.2. The van der Waals surface area contributed by atoms with E-state index in [2.05, 4.69) is 0 Å². The van der Waals surface area contributed by atoms with Crippen LogP contribution >= 0.6 is 0 Å². The number of carbonyl (C=O) groups excluding carboxylic acids is 5. The quantitative estimate of drug-likeness (QED) is 0.0735. The standard InChI is InChI=1S/C41H32N2O7/c1-3-49-30-18-28-32-26(38(45)42(40(28)47)22-8-6-5-7-9-22)16-14-24-35-31(50-4-2)19-29-33-27(17-15-25(37(33)35)34(30)36(24)32)39(46)43(41(29)48)23-12-10-21(20-44)11-13-23/h10-20,22H,3-9H2,1-2H3. The Balaban J connectivity index is 1.38. The Morgan fingerprint density at radius 3 is 1.64 bits per heavy atom. The first kappa shape index (κ1) is 30.2. The number of nitrogens with zero attached hydrogens (tertiary/aromatic N) is 2. The van der Waals surface area contributed by atoms with E-state index in [-0.39, 0.29) is 17.9 Å². The van der Waals surface area contributed by atoms with Crippen LogP contribution in [0.25, 0.3) is 43.1 Å². The van der Waals surface area contributed by atoms with Crippen molar-refractivity contribution in [1.82, 2.24) is 4.90 Å². The van der Waals surface area contributed by atoms with Crippen molar-refractivity contribution in [3.63, 3.8) is 0 Å². The van der Waals surface area contributed by atoms with E-state index in [0.717, 1.165) is 53.2 Å². The van der Waals surface area contributed by atoms with Gasteiger partial charge in [0.1, 0.15) is 17.8 Å². The monoisotopic (exact) mass is 664 g/mol. The molecule has 0 spiro atoms. The third-order valence-corrected chi connectivity index (χ3v) is 10.6. The van der Waals surface area contributed by atoms with Crippen LogP contribution in [0.4, 0.5) is 5.69 Å². The van der Waals surface area contributed by atoms with Crippen molar-refractivity contribution < 1.29 is 33.4 Å². The van der Waals surface area contributed by atoms with Crippen LogP contribution in [0.3, 0.4) is 0 Å². The molecule has 0 radical (unpaired) electrons. The Hall–Kier alpha value is -5.83. The molecule has 0 saturated heterocycles. The van der Waals surface area contributed by atoms with Crippen LogP contribution in [-0.2, 0) is 0 Å². The second-order valence-corrected chi connectivity index (χ2v) is 13.2. The summed E-state index contributed by atoms with van der Waals surface area (Å²) in [7, 11) is 0. The number of rotatable bonds is 7. The largest absolute Gasteiger partial charge is 0.493 e. The van der Waals surface area contributed by atoms with Gasteiger partial charge in [0.15, 0.2) is 0 Å². The average molecular weight is 665 g/mol. The lowest BCUT2D eigenvalue weighted by Crippen LogP contribution is -2.47. The molecule has 1 aliphatic carbocycles. The summed E-state index contributed by atoms with van der Waals surface area (Å²) in [5, 5.41) is 5.35. The lowest BCUT2D eigenvalue weighted by molar-refractivity contribution is 0.0502. The van der Waals surface area contributed by atoms with E-state index in [4.69, 9.17) is 9.47 Å². The van der Waals surface area contributed by atoms with Crippen LogP contribution in [-0.4, -0.2) is 54.1 Å². The number of fused-ring (bicyclic) bond motifs is 2. The van der Waals surface area contributed by atoms with Gasteiger partial charge in [-0.25, -0.2) is 4.90 Å². The van der Waals surface area contributed by atoms with E-state index >= 15 is 0 Å². The minimum atomic E-state index is -0.508. The zero-order valence-corrected chi connectivity index (χ0v) is 27.6. The molecule has 9 heteroatoms. The third kappa shape index (κ3) is 3.97. The smallest absolute Gasteiger partial charge is 0.266 e. The van der Waals surface area contributed by atoms with Crippen LogP contribution in [0.5, 0.6) is 11.5 Å². The topological polar surface area (TPSA) is 110 Å². The highest BCUT2D eigenvalue weighted by Crippen LogP contribution is 2.52. The molecule has 0 aromatic heterocycles. The SMILES string of the molecule is CCOc1cc2c3c(ccc4c5c(OCC)cc6c7c(ccc(c1c34)c75)C(=O)N(C1CCCCC1)C6=O)C(=O)N(c1ccc(C=O)cc1)C2=O. The van der Waals surface area contributed by atoms with Gasteiger partial charge in [0.05, 0.1) is 30.0 Å². The minimum Gasteiger partial charge on any atom is -0.493 e. The molecule has 9 rings (SSSR count). The fourth-order valence-electron chi connectivity index (χ4n) is 8.56. The van der Waals surface area contributed by atoms with Crippen molar-refractivity contribution in [1.29, 1.82) is 0 Å². The van der Waals surface area contributed by atoms with Gasteiger partial charge in [-0.05, 0) is 86.0 Å². The molecule has 0 N–H and O–H groups in total. The second-order valence-electron chi connectivity index (χ2n) is 13.2. The number of carbonyl (C=O) groups is 5. The van der Waals surface area contributed by atoms with Crippen molar-refractivity contribution in [2.24, 2.45) is 0 Å². The predicted octanol–water partition coefficient (Wildman–Crippen LogP) is 8.08. The zero-order chi connectivity index (χ0) is 34.4. The molecular weight excluding hydrogens is 632 g/mol. The number of anilines is 1. The van der Waals surface area contributed by atoms with Gasteiger partial charge in [-0.2, -0.15) is 0 Å². The summed E-state index contributed by atoms with van der Waals surface area (Å²) in [6, 6.07) is 16.9. The maximum absolute atomic E-state index is 14.3. The first-order valence-corrected chi connectivity index (χ1v) is 17.2. The Morgan fingerprint density at radius 2 is 1.10 bits per heavy atom. The van der Waals surface area contributed by atoms with Crippen molar-refractivity contribution in [3.05, 3.63) is 88.5 Å². The van der Waals surface area contributed by atoms with Gasteiger partial charge in [-0.1, -0.05) is 31.4 Å². The Kier molecular flexibility index (Phi) is 6.71. The van der Waals surface area contributed by atoms with Gasteiger partial charge in [0.25, 0.3) is 23.6 Å². The second kappa shape index (κ2) is 11.1. The van der Waals surface area contributed by atoms with E-state index in [1.807, 2.05) is 26.0 Å². The molecule has 0 atom stereocenters. The van der Waals surface area contributed by atoms with E-state index in [0.29, 0.717) is 91.4 Å². The maximum Gasteiger partial charge on any atom is 0.266 e. The molecule has 2 heterocycles. The number of benzene rings is 6. The van der Waals surface area contributed by atoms with Gasteiger partial charge in [-0.3, -0.25) is 28.9 Å². The average Bonchev–Trinajstić information content (AvgIpc) is 3.14. The predicted molar refractivity (Wildman–Crippen MR) is 190 cm³/mol. The van der Waals surface area contributed by atoms with Crippen LogP contribution in [0, 0.1) is 0 Å². The summed E-state index contributed by atoms with van der Waals surface area (Å²) in [5.41, 5.74) is 2.34. The molecule has 1 fully saturated rings. The number of hydrogen-bond donors (Lipinski definition) is 0. The van der Waals surface area contributed by atoms with Crippen LogP contribution in [0.2, 0.25) is 0 Å². The fourth-order valence-corrected chi connectivity index (χ4v) is 8.56. The Labute approximate surface area is 286 Å². The van der Waals surface area contributed by atoms with Gasteiger partial charge in [-0.15, -0.1) is 0 Å². The third-order valence-electron chi connectivity index (χ3n) is 10.6. The van der Waals surface area contributed by atoms with Gasteiger partial charge in [0, 0.05) is 55.0 Å². The number of aldehydes is 1. The van der Waals surface area contributed by atoms with Crippen LogP contribution in [0.15, 0.2) is 60.7 Å². The van der Waals surface area contributed by atoms with Crippen LogP contribution < -0.4 is 14.4 Å². The number of ether oxygens (including phenoxy) is 2. The molecule has 3 aliphatic rings. The first-order chi connectivity index (χ1) is 24.4. The Morgan fingerprint density at radius 1 is 0.600 bits per heavy atom. The van der Waals surface area contributed by atoms with Crippen molar-refractivity contribution >= 4 is 78.7 Å². The van der Waals surface area contributed by atoms with E-state index in [1.54, 1.807) is 48.5 Å². The summed E-state index contributed by atoms with van der Waals surface area (Å²) in [6.45, 7) is 4.39. The van der Waals surface area contributed by atoms with Gasteiger partial charge >= 0.3 is 0 Å². The lowest BCUT2D eigenvalue weighted by atomic mass is 9.81. The van der Waals surface area contributed by atoms with Crippen molar-refractivity contribution in [2.75, 3.05) is 18.1 Å². The summed E-state index contributed by atoms with van der Waals surface area (Å²) in [6.07, 6.45) is 5.35. The number of amides is 4. The van der Waals surface area contributed by atoms with Crippen molar-refractivity contribution in [3.8, 4) is 11.5 Å². The summed E-state index contributed by atoms with van der Waals surface area (Å²) < 4.78 is 12.6. The molecular formula is C41H32N2O7. The summed E-state index contributed by atoms with van der Waals surface area (Å²) >= 11 is 0.